The molecular formula is C28H31N3O3. The molecule has 1 fully saturated rings. The molecule has 0 aromatic heterocycles. The van der Waals surface area contributed by atoms with Gasteiger partial charge in [-0.25, -0.2) is 4.79 Å². The second-order valence-corrected chi connectivity index (χ2v) is 8.83. The molecule has 1 saturated heterocycles. The molecule has 176 valence electrons. The number of nitrogens with zero attached hydrogens (tertiary/aromatic N) is 2. The second-order valence-electron chi connectivity index (χ2n) is 8.83. The number of urea groups is 1. The third kappa shape index (κ3) is 5.76. The lowest BCUT2D eigenvalue weighted by atomic mass is 10.1. The third-order valence-electron chi connectivity index (χ3n) is 5.95. The smallest absolute Gasteiger partial charge is 0.324 e. The maximum Gasteiger partial charge on any atom is 0.324 e. The van der Waals surface area contributed by atoms with Gasteiger partial charge in [-0.2, -0.15) is 0 Å². The van der Waals surface area contributed by atoms with Crippen LogP contribution in [0.3, 0.4) is 0 Å². The van der Waals surface area contributed by atoms with Gasteiger partial charge in [0.1, 0.15) is 5.75 Å². The highest BCUT2D eigenvalue weighted by atomic mass is 16.5. The molecule has 0 radical (unpaired) electrons. The first-order chi connectivity index (χ1) is 16.4. The molecule has 0 atom stereocenters. The Kier molecular flexibility index (Phi) is 7.16. The summed E-state index contributed by atoms with van der Waals surface area (Å²) in [4.78, 5) is 29.3. The highest BCUT2D eigenvalue weighted by Crippen LogP contribution is 2.24. The lowest BCUT2D eigenvalue weighted by Gasteiger charge is -2.36. The molecule has 3 aromatic rings. The van der Waals surface area contributed by atoms with Crippen LogP contribution in [0.4, 0.5) is 16.2 Å². The maximum absolute atomic E-state index is 13.2. The zero-order valence-electron chi connectivity index (χ0n) is 20.0. The molecule has 6 heteroatoms. The molecule has 0 bridgehead atoms. The van der Waals surface area contributed by atoms with Crippen LogP contribution < -0.4 is 15.0 Å². The molecule has 3 amide bonds. The molecule has 0 spiro atoms. The summed E-state index contributed by atoms with van der Waals surface area (Å²) in [6, 6.07) is 21.4. The van der Waals surface area contributed by atoms with Gasteiger partial charge in [0.25, 0.3) is 0 Å². The molecular weight excluding hydrogens is 426 g/mol. The molecule has 0 unspecified atom stereocenters. The van der Waals surface area contributed by atoms with E-state index in [0.717, 1.165) is 35.5 Å². The van der Waals surface area contributed by atoms with Gasteiger partial charge < -0.3 is 15.0 Å². The minimum Gasteiger partial charge on any atom is -0.497 e. The molecule has 1 aliphatic rings. The number of hydrogen-bond acceptors (Lipinski definition) is 3. The number of methoxy groups -OCH3 is 1. The Labute approximate surface area is 201 Å². The van der Waals surface area contributed by atoms with Crippen molar-refractivity contribution in [1.29, 1.82) is 0 Å². The van der Waals surface area contributed by atoms with E-state index in [1.807, 2.05) is 58.3 Å². The Bertz CT molecular complexity index is 1140. The van der Waals surface area contributed by atoms with Crippen molar-refractivity contribution in [2.24, 2.45) is 0 Å². The average molecular weight is 458 g/mol. The van der Waals surface area contributed by atoms with Crippen LogP contribution >= 0.6 is 0 Å². The van der Waals surface area contributed by atoms with Crippen LogP contribution in [-0.4, -0.2) is 37.0 Å². The van der Waals surface area contributed by atoms with E-state index in [1.165, 1.54) is 11.1 Å². The van der Waals surface area contributed by atoms with Crippen molar-refractivity contribution >= 4 is 23.3 Å². The number of rotatable bonds is 7. The van der Waals surface area contributed by atoms with Crippen LogP contribution in [0.1, 0.15) is 28.7 Å². The number of carbonyl (C=O) groups excluding carboxylic acids is 2. The summed E-state index contributed by atoms with van der Waals surface area (Å²) in [6.07, 6.45) is 1.20. The fourth-order valence-electron chi connectivity index (χ4n) is 4.41. The van der Waals surface area contributed by atoms with Crippen molar-refractivity contribution in [3.8, 4) is 5.75 Å². The number of benzene rings is 3. The second kappa shape index (κ2) is 10.4. The molecule has 0 aliphatic carbocycles. The first kappa shape index (κ1) is 23.4. The van der Waals surface area contributed by atoms with Gasteiger partial charge in [0.05, 0.1) is 13.5 Å². The Balaban J connectivity index is 1.37. The number of aryl methyl sites for hydroxylation is 2. The van der Waals surface area contributed by atoms with Crippen molar-refractivity contribution in [3.05, 3.63) is 89.0 Å². The Morgan fingerprint density at radius 2 is 1.59 bits per heavy atom. The Morgan fingerprint density at radius 3 is 2.24 bits per heavy atom. The molecule has 0 saturated carbocycles. The lowest BCUT2D eigenvalue weighted by Crippen LogP contribution is -2.49. The summed E-state index contributed by atoms with van der Waals surface area (Å²) >= 11 is 0. The predicted octanol–water partition coefficient (Wildman–Crippen LogP) is 5.33. The molecule has 3 aromatic carbocycles. The number of nitrogens with one attached hydrogen (secondary N) is 1. The van der Waals surface area contributed by atoms with Gasteiger partial charge in [0, 0.05) is 31.0 Å². The standard InChI is InChI=1S/C28H31N3O3/c1-20-15-21(2)17-23(16-20)19-30-13-4-14-31(28(30)33)25-9-7-24(8-10-25)29-27(32)18-22-5-11-26(34-3)12-6-22/h5-12,15-17H,4,13-14,18-19H2,1-3H3,(H,29,32). The number of carbonyl (C=O) groups is 2. The van der Waals surface area contributed by atoms with Crippen molar-refractivity contribution in [1.82, 2.24) is 4.90 Å². The van der Waals surface area contributed by atoms with E-state index in [2.05, 4.69) is 37.4 Å². The highest BCUT2D eigenvalue weighted by molar-refractivity contribution is 5.94. The largest absolute Gasteiger partial charge is 0.497 e. The summed E-state index contributed by atoms with van der Waals surface area (Å²) < 4.78 is 5.15. The first-order valence-electron chi connectivity index (χ1n) is 11.6. The predicted molar refractivity (Wildman–Crippen MR) is 135 cm³/mol. The van der Waals surface area contributed by atoms with E-state index in [-0.39, 0.29) is 18.4 Å². The third-order valence-corrected chi connectivity index (χ3v) is 5.95. The van der Waals surface area contributed by atoms with Crippen molar-refractivity contribution < 1.29 is 14.3 Å². The van der Waals surface area contributed by atoms with E-state index in [9.17, 15) is 9.59 Å². The molecule has 4 rings (SSSR count). The number of hydrogen-bond donors (Lipinski definition) is 1. The van der Waals surface area contributed by atoms with E-state index in [0.29, 0.717) is 18.8 Å². The van der Waals surface area contributed by atoms with Crippen LogP contribution in [0.2, 0.25) is 0 Å². The Morgan fingerprint density at radius 1 is 0.912 bits per heavy atom. The lowest BCUT2D eigenvalue weighted by molar-refractivity contribution is -0.115. The quantitative estimate of drug-likeness (QED) is 0.522. The molecule has 1 aliphatic heterocycles. The van der Waals surface area contributed by atoms with Gasteiger partial charge in [0.2, 0.25) is 5.91 Å². The van der Waals surface area contributed by atoms with Gasteiger partial charge in [-0.05, 0) is 67.8 Å². The van der Waals surface area contributed by atoms with Crippen LogP contribution in [0, 0.1) is 13.8 Å². The molecule has 1 N–H and O–H groups in total. The van der Waals surface area contributed by atoms with Gasteiger partial charge in [-0.3, -0.25) is 9.69 Å². The summed E-state index contributed by atoms with van der Waals surface area (Å²) in [6.45, 7) is 6.21. The summed E-state index contributed by atoms with van der Waals surface area (Å²) in [5.74, 6) is 0.672. The van der Waals surface area contributed by atoms with Crippen molar-refractivity contribution in [2.45, 2.75) is 33.2 Å². The maximum atomic E-state index is 13.2. The fraction of sp³-hybridized carbons (Fsp3) is 0.286. The van der Waals surface area contributed by atoms with E-state index >= 15 is 0 Å². The van der Waals surface area contributed by atoms with Gasteiger partial charge in [-0.15, -0.1) is 0 Å². The number of ether oxygens (including phenoxy) is 1. The summed E-state index contributed by atoms with van der Waals surface area (Å²) in [7, 11) is 1.62. The normalized spacial score (nSPS) is 13.7. The minimum atomic E-state index is -0.0911. The topological polar surface area (TPSA) is 61.9 Å². The van der Waals surface area contributed by atoms with Crippen LogP contribution in [0.15, 0.2) is 66.7 Å². The van der Waals surface area contributed by atoms with Crippen LogP contribution in [-0.2, 0) is 17.8 Å². The van der Waals surface area contributed by atoms with Gasteiger partial charge >= 0.3 is 6.03 Å². The SMILES string of the molecule is COc1ccc(CC(=O)Nc2ccc(N3CCCN(Cc4cc(C)cc(C)c4)C3=O)cc2)cc1. The first-order valence-corrected chi connectivity index (χ1v) is 11.6. The highest BCUT2D eigenvalue weighted by Gasteiger charge is 2.26. The summed E-state index contributed by atoms with van der Waals surface area (Å²) in [5.41, 5.74) is 6.03. The number of anilines is 2. The van der Waals surface area contributed by atoms with Gasteiger partial charge in [-0.1, -0.05) is 41.5 Å². The van der Waals surface area contributed by atoms with Crippen molar-refractivity contribution in [3.63, 3.8) is 0 Å². The number of amides is 3. The van der Waals surface area contributed by atoms with Gasteiger partial charge in [0.15, 0.2) is 0 Å². The van der Waals surface area contributed by atoms with Crippen molar-refractivity contribution in [2.75, 3.05) is 30.4 Å². The zero-order valence-corrected chi connectivity index (χ0v) is 20.0. The summed E-state index contributed by atoms with van der Waals surface area (Å²) in [5, 5.41) is 2.93. The minimum absolute atomic E-state index is 0.0155. The van der Waals surface area contributed by atoms with E-state index < -0.39 is 0 Å². The van der Waals surface area contributed by atoms with E-state index in [4.69, 9.17) is 4.74 Å². The Hall–Kier alpha value is -3.80. The van der Waals surface area contributed by atoms with Crippen LogP contribution in [0.25, 0.3) is 0 Å². The average Bonchev–Trinajstić information content (AvgIpc) is 2.81. The zero-order chi connectivity index (χ0) is 24.1. The molecule has 6 nitrogen and oxygen atoms in total. The van der Waals surface area contributed by atoms with E-state index in [1.54, 1.807) is 7.11 Å². The monoisotopic (exact) mass is 457 g/mol. The molecule has 1 heterocycles. The molecule has 34 heavy (non-hydrogen) atoms. The fourth-order valence-corrected chi connectivity index (χ4v) is 4.41. The van der Waals surface area contributed by atoms with Crippen LogP contribution in [0.5, 0.6) is 5.75 Å².